The lowest BCUT2D eigenvalue weighted by atomic mass is 10.2. The summed E-state index contributed by atoms with van der Waals surface area (Å²) in [5.41, 5.74) is 3.72. The van der Waals surface area contributed by atoms with Crippen LogP contribution in [0.15, 0.2) is 50.4 Å². The third-order valence-electron chi connectivity index (χ3n) is 3.29. The molecule has 0 aliphatic rings. The molecule has 0 saturated carbocycles. The first-order valence-electron chi connectivity index (χ1n) is 8.23. The average molecular weight is 484 g/mol. The lowest BCUT2D eigenvalue weighted by Gasteiger charge is -2.10. The maximum absolute atomic E-state index is 12.4. The van der Waals surface area contributed by atoms with E-state index in [1.165, 1.54) is 0 Å². The van der Waals surface area contributed by atoms with E-state index in [-0.39, 0.29) is 5.91 Å². The van der Waals surface area contributed by atoms with Gasteiger partial charge in [0.05, 0.1) is 25.0 Å². The first-order valence-corrected chi connectivity index (χ1v) is 9.81. The van der Waals surface area contributed by atoms with Crippen LogP contribution in [0.4, 0.5) is 0 Å². The summed E-state index contributed by atoms with van der Waals surface area (Å²) < 4.78 is 12.9. The fourth-order valence-electron chi connectivity index (χ4n) is 2.15. The third kappa shape index (κ3) is 5.85. The van der Waals surface area contributed by atoms with Crippen molar-refractivity contribution in [3.05, 3.63) is 56.5 Å². The molecular formula is C19H20Br2N2O3. The maximum Gasteiger partial charge on any atom is 0.275 e. The molecule has 0 heterocycles. The highest BCUT2D eigenvalue weighted by Crippen LogP contribution is 2.24. The molecule has 1 N–H and O–H groups in total. The standard InChI is InChI=1S/C19H20Br2N2O3/c1-3-9-26-17-7-5-14(20)10-13(17)12-22-23-19(24)16-11-15(21)6-8-18(16)25-4-2/h5-8,10-12H,3-4,9H2,1-2H3,(H,23,24)/b22-12-. The number of nitrogens with zero attached hydrogens (tertiary/aromatic N) is 1. The second-order valence-corrected chi connectivity index (χ2v) is 7.13. The predicted molar refractivity (Wildman–Crippen MR) is 110 cm³/mol. The van der Waals surface area contributed by atoms with Gasteiger partial charge in [0.25, 0.3) is 5.91 Å². The fourth-order valence-corrected chi connectivity index (χ4v) is 2.89. The number of hydrogen-bond acceptors (Lipinski definition) is 4. The number of hydrogen-bond donors (Lipinski definition) is 1. The molecule has 0 aliphatic carbocycles. The van der Waals surface area contributed by atoms with E-state index in [4.69, 9.17) is 9.47 Å². The number of hydrazone groups is 1. The highest BCUT2D eigenvalue weighted by atomic mass is 79.9. The molecule has 0 aromatic heterocycles. The van der Waals surface area contributed by atoms with Crippen molar-refractivity contribution in [2.45, 2.75) is 20.3 Å². The van der Waals surface area contributed by atoms with Gasteiger partial charge in [-0.2, -0.15) is 5.10 Å². The zero-order valence-electron chi connectivity index (χ0n) is 14.6. The molecule has 0 radical (unpaired) electrons. The molecule has 5 nitrogen and oxygen atoms in total. The van der Waals surface area contributed by atoms with Gasteiger partial charge in [-0.05, 0) is 49.7 Å². The Bertz CT molecular complexity index is 794. The van der Waals surface area contributed by atoms with E-state index in [1.807, 2.05) is 38.1 Å². The van der Waals surface area contributed by atoms with Gasteiger partial charge in [0, 0.05) is 14.5 Å². The molecule has 2 rings (SSSR count). The SMILES string of the molecule is CCCOc1ccc(Br)cc1/C=N\NC(=O)c1cc(Br)ccc1OCC. The number of carbonyl (C=O) groups excluding carboxylic acids is 1. The molecule has 0 saturated heterocycles. The smallest absolute Gasteiger partial charge is 0.275 e. The van der Waals surface area contributed by atoms with E-state index in [0.29, 0.717) is 30.3 Å². The van der Waals surface area contributed by atoms with Gasteiger partial charge in [0.15, 0.2) is 0 Å². The minimum absolute atomic E-state index is 0.350. The molecule has 7 heteroatoms. The number of benzene rings is 2. The van der Waals surface area contributed by atoms with Crippen LogP contribution in [0.3, 0.4) is 0 Å². The minimum Gasteiger partial charge on any atom is -0.493 e. The van der Waals surface area contributed by atoms with Crippen molar-refractivity contribution >= 4 is 44.0 Å². The summed E-state index contributed by atoms with van der Waals surface area (Å²) in [6.07, 6.45) is 2.47. The van der Waals surface area contributed by atoms with E-state index in [2.05, 4.69) is 42.4 Å². The lowest BCUT2D eigenvalue weighted by molar-refractivity contribution is 0.0951. The summed E-state index contributed by atoms with van der Waals surface area (Å²) in [5.74, 6) is 0.875. The highest BCUT2D eigenvalue weighted by Gasteiger charge is 2.12. The summed E-state index contributed by atoms with van der Waals surface area (Å²) in [6, 6.07) is 10.9. The van der Waals surface area contributed by atoms with E-state index >= 15 is 0 Å². The Morgan fingerprint density at radius 1 is 1.08 bits per heavy atom. The Balaban J connectivity index is 2.15. The Kier molecular flexibility index (Phi) is 8.12. The minimum atomic E-state index is -0.350. The molecular weight excluding hydrogens is 464 g/mol. The van der Waals surface area contributed by atoms with Crippen LogP contribution in [-0.4, -0.2) is 25.3 Å². The molecule has 0 atom stereocenters. The maximum atomic E-state index is 12.4. The predicted octanol–water partition coefficient (Wildman–Crippen LogP) is 5.16. The van der Waals surface area contributed by atoms with Gasteiger partial charge in [-0.3, -0.25) is 4.79 Å². The van der Waals surface area contributed by atoms with E-state index in [1.54, 1.807) is 18.3 Å². The van der Waals surface area contributed by atoms with E-state index in [0.717, 1.165) is 20.9 Å². The normalized spacial score (nSPS) is 10.8. The first kappa shape index (κ1) is 20.5. The van der Waals surface area contributed by atoms with Crippen LogP contribution in [-0.2, 0) is 0 Å². The largest absolute Gasteiger partial charge is 0.493 e. The molecule has 138 valence electrons. The summed E-state index contributed by atoms with van der Waals surface area (Å²) in [6.45, 7) is 5.00. The molecule has 0 fully saturated rings. The van der Waals surface area contributed by atoms with Gasteiger partial charge in [-0.25, -0.2) is 5.43 Å². The van der Waals surface area contributed by atoms with Crippen molar-refractivity contribution in [2.24, 2.45) is 5.10 Å². The molecule has 26 heavy (non-hydrogen) atoms. The number of ether oxygens (including phenoxy) is 2. The van der Waals surface area contributed by atoms with Gasteiger partial charge >= 0.3 is 0 Å². The highest BCUT2D eigenvalue weighted by molar-refractivity contribution is 9.10. The summed E-state index contributed by atoms with van der Waals surface area (Å²) in [7, 11) is 0. The van der Waals surface area contributed by atoms with Crippen LogP contribution in [0, 0.1) is 0 Å². The Morgan fingerprint density at radius 3 is 2.46 bits per heavy atom. The molecule has 0 spiro atoms. The van der Waals surface area contributed by atoms with Crippen LogP contribution in [0.1, 0.15) is 36.2 Å². The van der Waals surface area contributed by atoms with Crippen LogP contribution >= 0.6 is 31.9 Å². The van der Waals surface area contributed by atoms with Gasteiger partial charge in [-0.15, -0.1) is 0 Å². The zero-order valence-corrected chi connectivity index (χ0v) is 17.8. The average Bonchev–Trinajstić information content (AvgIpc) is 2.62. The lowest BCUT2D eigenvalue weighted by Crippen LogP contribution is -2.19. The first-order chi connectivity index (χ1) is 12.5. The fraction of sp³-hybridized carbons (Fsp3) is 0.263. The van der Waals surface area contributed by atoms with Crippen molar-refractivity contribution in [3.8, 4) is 11.5 Å². The Morgan fingerprint density at radius 2 is 1.77 bits per heavy atom. The number of nitrogens with one attached hydrogen (secondary N) is 1. The van der Waals surface area contributed by atoms with Crippen molar-refractivity contribution in [2.75, 3.05) is 13.2 Å². The molecule has 1 amide bonds. The van der Waals surface area contributed by atoms with Crippen molar-refractivity contribution in [1.82, 2.24) is 5.43 Å². The molecule has 0 bridgehead atoms. The van der Waals surface area contributed by atoms with Crippen molar-refractivity contribution in [3.63, 3.8) is 0 Å². The van der Waals surface area contributed by atoms with Gasteiger partial charge in [0.1, 0.15) is 11.5 Å². The summed E-state index contributed by atoms with van der Waals surface area (Å²) in [5, 5.41) is 4.06. The van der Waals surface area contributed by atoms with Crippen LogP contribution in [0.5, 0.6) is 11.5 Å². The Hall–Kier alpha value is -1.86. The summed E-state index contributed by atoms with van der Waals surface area (Å²) >= 11 is 6.80. The number of rotatable bonds is 8. The second kappa shape index (κ2) is 10.3. The van der Waals surface area contributed by atoms with Crippen LogP contribution in [0.2, 0.25) is 0 Å². The Labute approximate surface area is 170 Å². The van der Waals surface area contributed by atoms with Crippen molar-refractivity contribution in [1.29, 1.82) is 0 Å². The number of amides is 1. The summed E-state index contributed by atoms with van der Waals surface area (Å²) in [4.78, 5) is 12.4. The molecule has 2 aromatic rings. The van der Waals surface area contributed by atoms with Gasteiger partial charge in [-0.1, -0.05) is 38.8 Å². The van der Waals surface area contributed by atoms with Crippen molar-refractivity contribution < 1.29 is 14.3 Å². The van der Waals surface area contributed by atoms with Gasteiger partial charge in [0.2, 0.25) is 0 Å². The third-order valence-corrected chi connectivity index (χ3v) is 4.28. The van der Waals surface area contributed by atoms with Crippen LogP contribution in [0.25, 0.3) is 0 Å². The molecule has 0 aliphatic heterocycles. The topological polar surface area (TPSA) is 59.9 Å². The van der Waals surface area contributed by atoms with Gasteiger partial charge < -0.3 is 9.47 Å². The number of halogens is 2. The molecule has 0 unspecified atom stereocenters. The quantitative estimate of drug-likeness (QED) is 0.416. The van der Waals surface area contributed by atoms with Crippen LogP contribution < -0.4 is 14.9 Å². The van der Waals surface area contributed by atoms with E-state index in [9.17, 15) is 4.79 Å². The number of carbonyl (C=O) groups is 1. The molecule has 2 aromatic carbocycles. The zero-order chi connectivity index (χ0) is 18.9. The van der Waals surface area contributed by atoms with E-state index < -0.39 is 0 Å². The second-order valence-electron chi connectivity index (χ2n) is 5.30. The monoisotopic (exact) mass is 482 g/mol.